The minimum Gasteiger partial charge on any atom is -0.593 e. The van der Waals surface area contributed by atoms with Gasteiger partial charge in [0.1, 0.15) is 11.6 Å². The van der Waals surface area contributed by atoms with Crippen LogP contribution in [0.3, 0.4) is 0 Å². The van der Waals surface area contributed by atoms with E-state index in [9.17, 15) is 13.3 Å². The van der Waals surface area contributed by atoms with Crippen molar-refractivity contribution < 1.29 is 27.4 Å². The molecule has 9 heteroatoms. The minimum atomic E-state index is -1.50. The predicted molar refractivity (Wildman–Crippen MR) is 118 cm³/mol. The molecule has 5 nitrogen and oxygen atoms in total. The second kappa shape index (κ2) is 8.37. The summed E-state index contributed by atoms with van der Waals surface area (Å²) in [5.41, 5.74) is -1.14. The number of hydrogen-bond donors (Lipinski definition) is 1. The van der Waals surface area contributed by atoms with Crippen molar-refractivity contribution in [3.63, 3.8) is 0 Å². The van der Waals surface area contributed by atoms with E-state index in [0.717, 1.165) is 12.1 Å². The van der Waals surface area contributed by atoms with Crippen LogP contribution in [0.5, 0.6) is 11.5 Å². The fourth-order valence-electron chi connectivity index (χ4n) is 2.90. The Hall–Kier alpha value is -1.65. The van der Waals surface area contributed by atoms with Crippen molar-refractivity contribution in [2.24, 2.45) is 0 Å². The van der Waals surface area contributed by atoms with Gasteiger partial charge in [0.25, 0.3) is 0 Å². The van der Waals surface area contributed by atoms with Crippen LogP contribution in [-0.2, 0) is 20.7 Å². The second-order valence-electron chi connectivity index (χ2n) is 9.59. The Morgan fingerprint density at radius 3 is 2.10 bits per heavy atom. The van der Waals surface area contributed by atoms with E-state index in [4.69, 9.17) is 14.0 Å². The standard InChI is InChI=1S/C22H28BF2NO4S/c1-20(2,3)26-31(27)15-9-11-18(28-19-10-8-14(24)12-17(19)25)16(13-15)23-29-21(4,5)22(6,7)30-23/h8-13,26H,1-7H3. The average molecular weight is 451 g/mol. The fourth-order valence-corrected chi connectivity index (χ4v) is 4.00. The Labute approximate surface area is 185 Å². The second-order valence-corrected chi connectivity index (χ2v) is 10.8. The molecule has 2 aromatic rings. The quantitative estimate of drug-likeness (QED) is 0.537. The third-order valence-corrected chi connectivity index (χ3v) is 6.70. The number of hydrogen-bond acceptors (Lipinski definition) is 5. The molecule has 1 heterocycles. The van der Waals surface area contributed by atoms with E-state index in [2.05, 4.69) is 4.72 Å². The molecule has 1 aliphatic rings. The third kappa shape index (κ3) is 5.41. The first kappa shape index (κ1) is 24.0. The molecule has 0 aliphatic carbocycles. The average Bonchev–Trinajstić information content (AvgIpc) is 2.83. The van der Waals surface area contributed by atoms with E-state index >= 15 is 0 Å². The van der Waals surface area contributed by atoms with Gasteiger partial charge in [-0.15, -0.1) is 4.72 Å². The van der Waals surface area contributed by atoms with Gasteiger partial charge in [-0.25, -0.2) is 8.78 Å². The number of halogens is 2. The molecule has 0 aromatic heterocycles. The van der Waals surface area contributed by atoms with Gasteiger partial charge in [-0.3, -0.25) is 0 Å². The highest BCUT2D eigenvalue weighted by Crippen LogP contribution is 2.38. The van der Waals surface area contributed by atoms with Gasteiger partial charge in [0.2, 0.25) is 0 Å². The maximum atomic E-state index is 14.2. The van der Waals surface area contributed by atoms with E-state index < -0.39 is 41.3 Å². The first-order valence-electron chi connectivity index (χ1n) is 10.0. The minimum absolute atomic E-state index is 0.138. The zero-order valence-corrected chi connectivity index (χ0v) is 19.7. The van der Waals surface area contributed by atoms with Crippen molar-refractivity contribution in [3.8, 4) is 11.5 Å². The van der Waals surface area contributed by atoms with Gasteiger partial charge in [0, 0.05) is 11.5 Å². The topological polar surface area (TPSA) is 62.8 Å². The lowest BCUT2D eigenvalue weighted by molar-refractivity contribution is 0.00578. The van der Waals surface area contributed by atoms with E-state index in [0.29, 0.717) is 10.4 Å². The predicted octanol–water partition coefficient (Wildman–Crippen LogP) is 4.47. The molecule has 0 saturated carbocycles. The Morgan fingerprint density at radius 2 is 1.55 bits per heavy atom. The summed E-state index contributed by atoms with van der Waals surface area (Å²) in [5, 5.41) is 0. The molecule has 31 heavy (non-hydrogen) atoms. The van der Waals surface area contributed by atoms with Gasteiger partial charge in [0.15, 0.2) is 16.5 Å². The zero-order valence-electron chi connectivity index (χ0n) is 18.8. The van der Waals surface area contributed by atoms with Crippen LogP contribution in [0.2, 0.25) is 0 Å². The van der Waals surface area contributed by atoms with Crippen LogP contribution >= 0.6 is 0 Å². The summed E-state index contributed by atoms with van der Waals surface area (Å²) in [6, 6.07) is 7.95. The Balaban J connectivity index is 2.02. The third-order valence-electron chi connectivity index (χ3n) is 5.22. The number of ether oxygens (including phenoxy) is 1. The van der Waals surface area contributed by atoms with Gasteiger partial charge in [-0.2, -0.15) is 0 Å². The smallest absolute Gasteiger partial charge is 0.498 e. The van der Waals surface area contributed by atoms with Gasteiger partial charge in [-0.1, -0.05) is 0 Å². The molecule has 0 radical (unpaired) electrons. The van der Waals surface area contributed by atoms with Gasteiger partial charge in [0.05, 0.1) is 28.1 Å². The van der Waals surface area contributed by atoms with E-state index in [1.54, 1.807) is 18.2 Å². The number of benzene rings is 2. The summed E-state index contributed by atoms with van der Waals surface area (Å²) in [6.45, 7) is 13.4. The molecule has 0 bridgehead atoms. The fraction of sp³-hybridized carbons (Fsp3) is 0.455. The summed E-state index contributed by atoms with van der Waals surface area (Å²) in [6.07, 6.45) is 0. The lowest BCUT2D eigenvalue weighted by Gasteiger charge is -2.32. The van der Waals surface area contributed by atoms with E-state index in [-0.39, 0.29) is 17.0 Å². The monoisotopic (exact) mass is 451 g/mol. The summed E-state index contributed by atoms with van der Waals surface area (Å²) < 4.78 is 61.4. The van der Waals surface area contributed by atoms with Crippen LogP contribution in [0.15, 0.2) is 41.3 Å². The Kier molecular flexibility index (Phi) is 6.48. The first-order chi connectivity index (χ1) is 14.2. The van der Waals surface area contributed by atoms with Crippen LogP contribution in [0.1, 0.15) is 48.5 Å². The molecule has 1 atom stereocenters. The van der Waals surface area contributed by atoms with Crippen molar-refractivity contribution in [1.29, 1.82) is 0 Å². The normalized spacial score (nSPS) is 18.8. The van der Waals surface area contributed by atoms with Crippen LogP contribution in [0.4, 0.5) is 8.78 Å². The molecule has 1 fully saturated rings. The van der Waals surface area contributed by atoms with Crippen LogP contribution in [0.25, 0.3) is 0 Å². The molecule has 1 N–H and O–H groups in total. The van der Waals surface area contributed by atoms with Crippen molar-refractivity contribution in [3.05, 3.63) is 48.0 Å². The van der Waals surface area contributed by atoms with Gasteiger partial charge < -0.3 is 18.6 Å². The van der Waals surface area contributed by atoms with Gasteiger partial charge >= 0.3 is 7.12 Å². The zero-order chi connectivity index (χ0) is 23.2. The largest absolute Gasteiger partial charge is 0.593 e. The lowest BCUT2D eigenvalue weighted by atomic mass is 9.78. The molecule has 1 aliphatic heterocycles. The molecule has 0 spiro atoms. The van der Waals surface area contributed by atoms with E-state index in [1.807, 2.05) is 48.5 Å². The molecule has 3 rings (SSSR count). The van der Waals surface area contributed by atoms with Gasteiger partial charge in [-0.05, 0) is 78.8 Å². The SMILES string of the molecule is CC(C)(C)N[S+]([O-])c1ccc(Oc2ccc(F)cc2F)c(B2OC(C)(C)C(C)(C)O2)c1. The summed E-state index contributed by atoms with van der Waals surface area (Å²) in [4.78, 5) is 0.492. The van der Waals surface area contributed by atoms with Crippen molar-refractivity contribution in [1.82, 2.24) is 4.72 Å². The van der Waals surface area contributed by atoms with Crippen molar-refractivity contribution in [2.45, 2.75) is 70.1 Å². The summed E-state index contributed by atoms with van der Waals surface area (Å²) >= 11 is -1.50. The number of nitrogens with one attached hydrogen (secondary N) is 1. The van der Waals surface area contributed by atoms with Crippen LogP contribution in [0, 0.1) is 11.6 Å². The maximum absolute atomic E-state index is 14.2. The molecule has 0 amide bonds. The highest BCUT2D eigenvalue weighted by molar-refractivity contribution is 7.89. The van der Waals surface area contributed by atoms with Crippen LogP contribution < -0.4 is 14.9 Å². The Morgan fingerprint density at radius 1 is 0.968 bits per heavy atom. The lowest BCUT2D eigenvalue weighted by Crippen LogP contribution is -2.41. The molecule has 2 aromatic carbocycles. The molecular formula is C22H28BF2NO4S. The maximum Gasteiger partial charge on any atom is 0.498 e. The highest BCUT2D eigenvalue weighted by atomic mass is 32.2. The first-order valence-corrected chi connectivity index (χ1v) is 11.2. The molecule has 168 valence electrons. The Bertz CT molecular complexity index is 949. The highest BCUT2D eigenvalue weighted by Gasteiger charge is 2.52. The summed E-state index contributed by atoms with van der Waals surface area (Å²) in [5.74, 6) is -1.40. The number of rotatable bonds is 5. The van der Waals surface area contributed by atoms with Crippen LogP contribution in [-0.4, -0.2) is 28.4 Å². The molecule has 1 saturated heterocycles. The van der Waals surface area contributed by atoms with E-state index in [1.165, 1.54) is 6.07 Å². The van der Waals surface area contributed by atoms with Crippen molar-refractivity contribution in [2.75, 3.05) is 0 Å². The molecule has 1 unspecified atom stereocenters. The summed E-state index contributed by atoms with van der Waals surface area (Å²) in [7, 11) is -0.824. The molecular weight excluding hydrogens is 423 g/mol. The van der Waals surface area contributed by atoms with Crippen molar-refractivity contribution >= 4 is 23.9 Å².